The number of carboxylic acid groups (broad SMARTS) is 1. The molecule has 1 fully saturated rings. The molecule has 1 aromatic rings. The molecule has 21 heavy (non-hydrogen) atoms. The number of benzene rings is 1. The molecule has 2 rings (SSSR count). The maximum absolute atomic E-state index is 11.0. The van der Waals surface area contributed by atoms with Gasteiger partial charge in [-0.05, 0) is 38.3 Å². The Morgan fingerprint density at radius 3 is 2.62 bits per heavy atom. The van der Waals surface area contributed by atoms with Gasteiger partial charge in [0.15, 0.2) is 0 Å². The predicted octanol–water partition coefficient (Wildman–Crippen LogP) is 2.32. The Kier molecular flexibility index (Phi) is 4.90. The van der Waals surface area contributed by atoms with Crippen molar-refractivity contribution in [2.45, 2.75) is 32.2 Å². The lowest BCUT2D eigenvalue weighted by atomic mass is 9.91. The number of hydrogen-bond donors (Lipinski definition) is 1. The molecule has 6 heteroatoms. The normalized spacial score (nSPS) is 22.9. The van der Waals surface area contributed by atoms with Crippen molar-refractivity contribution in [3.05, 3.63) is 39.9 Å². The van der Waals surface area contributed by atoms with Crippen molar-refractivity contribution in [3.8, 4) is 0 Å². The Labute approximate surface area is 123 Å². The highest BCUT2D eigenvalue weighted by Crippen LogP contribution is 2.23. The van der Waals surface area contributed by atoms with Crippen molar-refractivity contribution in [2.24, 2.45) is 5.92 Å². The van der Waals surface area contributed by atoms with Crippen LogP contribution in [0, 0.1) is 16.0 Å². The third-order valence-electron chi connectivity index (χ3n) is 4.20. The Morgan fingerprint density at radius 2 is 2.10 bits per heavy atom. The van der Waals surface area contributed by atoms with Gasteiger partial charge in [-0.15, -0.1) is 0 Å². The molecule has 0 radical (unpaired) electrons. The monoisotopic (exact) mass is 292 g/mol. The number of nitrogens with zero attached hydrogens (tertiary/aromatic N) is 2. The first-order valence-corrected chi connectivity index (χ1v) is 7.17. The van der Waals surface area contributed by atoms with Crippen LogP contribution in [0.25, 0.3) is 0 Å². The van der Waals surface area contributed by atoms with E-state index >= 15 is 0 Å². The van der Waals surface area contributed by atoms with E-state index in [0.29, 0.717) is 12.8 Å². The van der Waals surface area contributed by atoms with Crippen LogP contribution in [0.5, 0.6) is 0 Å². The molecule has 0 aromatic heterocycles. The summed E-state index contributed by atoms with van der Waals surface area (Å²) in [5.41, 5.74) is 1.17. The van der Waals surface area contributed by atoms with Crippen LogP contribution in [-0.4, -0.2) is 40.0 Å². The summed E-state index contributed by atoms with van der Waals surface area (Å²) >= 11 is 0. The lowest BCUT2D eigenvalue weighted by Crippen LogP contribution is -2.43. The molecule has 0 saturated carbocycles. The van der Waals surface area contributed by atoms with E-state index in [9.17, 15) is 14.9 Å². The third-order valence-corrected chi connectivity index (χ3v) is 4.20. The first-order valence-electron chi connectivity index (χ1n) is 7.17. The molecule has 0 spiro atoms. The molecule has 2 unspecified atom stereocenters. The quantitative estimate of drug-likeness (QED) is 0.665. The van der Waals surface area contributed by atoms with Gasteiger partial charge in [-0.25, -0.2) is 0 Å². The molecule has 1 N–H and O–H groups in total. The fourth-order valence-corrected chi connectivity index (χ4v) is 2.83. The summed E-state index contributed by atoms with van der Waals surface area (Å²) in [7, 11) is 0. The van der Waals surface area contributed by atoms with Gasteiger partial charge in [0, 0.05) is 24.7 Å². The van der Waals surface area contributed by atoms with Crippen molar-refractivity contribution < 1.29 is 14.8 Å². The fraction of sp³-hybridized carbons (Fsp3) is 0.533. The molecule has 1 saturated heterocycles. The summed E-state index contributed by atoms with van der Waals surface area (Å²) in [6, 6.07) is 6.88. The van der Waals surface area contributed by atoms with Crippen LogP contribution < -0.4 is 0 Å². The van der Waals surface area contributed by atoms with Gasteiger partial charge in [0.25, 0.3) is 5.69 Å². The first kappa shape index (κ1) is 15.4. The molecule has 0 bridgehead atoms. The van der Waals surface area contributed by atoms with E-state index in [1.165, 1.54) is 12.1 Å². The van der Waals surface area contributed by atoms with Crippen molar-refractivity contribution in [2.75, 3.05) is 13.1 Å². The van der Waals surface area contributed by atoms with E-state index in [4.69, 9.17) is 5.11 Å². The molecule has 0 amide bonds. The smallest absolute Gasteiger partial charge is 0.306 e. The van der Waals surface area contributed by atoms with E-state index < -0.39 is 10.9 Å². The van der Waals surface area contributed by atoms with E-state index in [-0.39, 0.29) is 17.6 Å². The van der Waals surface area contributed by atoms with Gasteiger partial charge < -0.3 is 10.0 Å². The lowest BCUT2D eigenvalue weighted by Gasteiger charge is -2.36. The van der Waals surface area contributed by atoms with Crippen molar-refractivity contribution in [1.29, 1.82) is 0 Å². The zero-order valence-electron chi connectivity index (χ0n) is 12.1. The Morgan fingerprint density at radius 1 is 1.43 bits per heavy atom. The first-order chi connectivity index (χ1) is 9.97. The second kappa shape index (κ2) is 6.67. The highest BCUT2D eigenvalue weighted by molar-refractivity contribution is 5.70. The second-order valence-corrected chi connectivity index (χ2v) is 5.62. The van der Waals surface area contributed by atoms with Crippen LogP contribution in [0.3, 0.4) is 0 Å². The summed E-state index contributed by atoms with van der Waals surface area (Å²) in [5, 5.41) is 19.6. The number of nitro groups is 1. The molecule has 1 aromatic carbocycles. The Hall–Kier alpha value is -1.95. The molecule has 1 aliphatic rings. The Balaban J connectivity index is 1.86. The summed E-state index contributed by atoms with van der Waals surface area (Å²) in [4.78, 5) is 23.5. The summed E-state index contributed by atoms with van der Waals surface area (Å²) in [5.74, 6) is -0.924. The average molecular weight is 292 g/mol. The van der Waals surface area contributed by atoms with Gasteiger partial charge in [-0.3, -0.25) is 14.9 Å². The number of rotatable bonds is 5. The van der Waals surface area contributed by atoms with E-state index in [1.54, 1.807) is 12.1 Å². The molecule has 6 nitrogen and oxygen atoms in total. The van der Waals surface area contributed by atoms with Gasteiger partial charge >= 0.3 is 5.97 Å². The van der Waals surface area contributed by atoms with Crippen LogP contribution in [0.2, 0.25) is 0 Å². The van der Waals surface area contributed by atoms with Crippen LogP contribution in [0.15, 0.2) is 24.3 Å². The lowest BCUT2D eigenvalue weighted by molar-refractivity contribution is -0.384. The topological polar surface area (TPSA) is 83.7 Å². The number of carboxylic acids is 1. The summed E-state index contributed by atoms with van der Waals surface area (Å²) < 4.78 is 0. The van der Waals surface area contributed by atoms with Crippen LogP contribution in [-0.2, 0) is 11.2 Å². The van der Waals surface area contributed by atoms with Crippen LogP contribution in [0.4, 0.5) is 5.69 Å². The summed E-state index contributed by atoms with van der Waals surface area (Å²) in [6.07, 6.45) is 2.20. The molecule has 1 heterocycles. The number of aliphatic carboxylic acids is 1. The zero-order valence-corrected chi connectivity index (χ0v) is 12.1. The highest BCUT2D eigenvalue weighted by Gasteiger charge is 2.29. The number of non-ortho nitro benzene ring substituents is 1. The molecule has 0 aliphatic carbocycles. The van der Waals surface area contributed by atoms with E-state index in [1.807, 2.05) is 0 Å². The maximum atomic E-state index is 11.0. The average Bonchev–Trinajstić information content (AvgIpc) is 2.46. The molecular weight excluding hydrogens is 272 g/mol. The maximum Gasteiger partial charge on any atom is 0.306 e. The summed E-state index contributed by atoms with van der Waals surface area (Å²) in [6.45, 7) is 3.71. The minimum absolute atomic E-state index is 0.106. The van der Waals surface area contributed by atoms with Gasteiger partial charge in [0.2, 0.25) is 0 Å². The van der Waals surface area contributed by atoms with Crippen molar-refractivity contribution in [3.63, 3.8) is 0 Å². The van der Waals surface area contributed by atoms with Gasteiger partial charge in [0.05, 0.1) is 10.8 Å². The zero-order chi connectivity index (χ0) is 15.4. The minimum Gasteiger partial charge on any atom is -0.481 e. The van der Waals surface area contributed by atoms with Gasteiger partial charge in [-0.1, -0.05) is 12.1 Å². The largest absolute Gasteiger partial charge is 0.481 e. The van der Waals surface area contributed by atoms with E-state index in [2.05, 4.69) is 11.8 Å². The predicted molar refractivity (Wildman–Crippen MR) is 78.2 cm³/mol. The van der Waals surface area contributed by atoms with Crippen molar-refractivity contribution >= 4 is 11.7 Å². The standard InChI is InChI=1S/C15H20N2O4/c1-11-10-13(15(18)19)7-9-16(11)8-6-12-2-4-14(5-3-12)17(20)21/h2-5,11,13H,6-10H2,1H3,(H,18,19). The van der Waals surface area contributed by atoms with Gasteiger partial charge in [0.1, 0.15) is 0 Å². The van der Waals surface area contributed by atoms with Crippen LogP contribution >= 0.6 is 0 Å². The number of nitro benzene ring substituents is 1. The number of piperidine rings is 1. The minimum atomic E-state index is -0.697. The number of carbonyl (C=O) groups is 1. The SMILES string of the molecule is CC1CC(C(=O)O)CCN1CCc1ccc([N+](=O)[O-])cc1. The van der Waals surface area contributed by atoms with Crippen LogP contribution in [0.1, 0.15) is 25.3 Å². The third kappa shape index (κ3) is 4.01. The number of likely N-dealkylation sites (tertiary alicyclic amines) is 1. The highest BCUT2D eigenvalue weighted by atomic mass is 16.6. The van der Waals surface area contributed by atoms with E-state index in [0.717, 1.165) is 25.1 Å². The molecular formula is C15H20N2O4. The van der Waals surface area contributed by atoms with Crippen molar-refractivity contribution in [1.82, 2.24) is 4.90 Å². The number of hydrogen-bond acceptors (Lipinski definition) is 4. The second-order valence-electron chi connectivity index (χ2n) is 5.62. The molecule has 1 aliphatic heterocycles. The molecule has 114 valence electrons. The Bertz CT molecular complexity index is 515. The van der Waals surface area contributed by atoms with Gasteiger partial charge in [-0.2, -0.15) is 0 Å². The fourth-order valence-electron chi connectivity index (χ4n) is 2.83. The molecule has 2 atom stereocenters.